The van der Waals surface area contributed by atoms with E-state index in [0.717, 1.165) is 5.56 Å². The number of hydrogen-bond acceptors (Lipinski definition) is 3. The second-order valence-electron chi connectivity index (χ2n) is 5.31. The summed E-state index contributed by atoms with van der Waals surface area (Å²) in [5, 5.41) is 0.293. The molecular formula is C19H16ClNO3S. The van der Waals surface area contributed by atoms with E-state index in [2.05, 4.69) is 4.72 Å². The fourth-order valence-corrected chi connectivity index (χ4v) is 3.99. The Morgan fingerprint density at radius 2 is 1.60 bits per heavy atom. The van der Waals surface area contributed by atoms with E-state index in [-0.39, 0.29) is 10.6 Å². The summed E-state index contributed by atoms with van der Waals surface area (Å²) >= 11 is 6.12. The second kappa shape index (κ2) is 7.17. The summed E-state index contributed by atoms with van der Waals surface area (Å²) in [6.45, 7) is 0. The molecule has 0 heterocycles. The van der Waals surface area contributed by atoms with Crippen LogP contribution >= 0.6 is 11.6 Å². The van der Waals surface area contributed by atoms with Crippen molar-refractivity contribution in [2.75, 3.05) is 11.8 Å². The molecule has 1 N–H and O–H groups in total. The van der Waals surface area contributed by atoms with Crippen LogP contribution in [0.1, 0.15) is 0 Å². The molecule has 0 aliphatic carbocycles. The summed E-state index contributed by atoms with van der Waals surface area (Å²) in [4.78, 5) is 0.181. The Kier molecular flexibility index (Phi) is 4.97. The molecule has 0 atom stereocenters. The highest BCUT2D eigenvalue weighted by Gasteiger charge is 2.20. The molecule has 0 saturated carbocycles. The van der Waals surface area contributed by atoms with Crippen LogP contribution in [-0.4, -0.2) is 15.5 Å². The van der Waals surface area contributed by atoms with Crippen molar-refractivity contribution in [1.82, 2.24) is 0 Å². The molecule has 0 bridgehead atoms. The fourth-order valence-electron chi connectivity index (χ4n) is 2.47. The predicted octanol–water partition coefficient (Wildman–Crippen LogP) is 4.82. The number of benzene rings is 3. The Morgan fingerprint density at radius 1 is 0.920 bits per heavy atom. The van der Waals surface area contributed by atoms with Crippen LogP contribution in [0.25, 0.3) is 11.1 Å². The molecule has 0 radical (unpaired) electrons. The quantitative estimate of drug-likeness (QED) is 0.697. The van der Waals surface area contributed by atoms with Crippen LogP contribution in [0.4, 0.5) is 5.69 Å². The van der Waals surface area contributed by atoms with E-state index in [1.54, 1.807) is 42.5 Å². The van der Waals surface area contributed by atoms with Crippen LogP contribution in [-0.2, 0) is 10.0 Å². The maximum Gasteiger partial charge on any atom is 0.262 e. The zero-order valence-corrected chi connectivity index (χ0v) is 15.0. The first-order chi connectivity index (χ1) is 12.0. The van der Waals surface area contributed by atoms with Crippen molar-refractivity contribution >= 4 is 27.3 Å². The number of sulfonamides is 1. The maximum atomic E-state index is 12.9. The molecule has 0 spiro atoms. The average molecular weight is 374 g/mol. The number of halogens is 1. The van der Waals surface area contributed by atoms with Crippen molar-refractivity contribution in [3.8, 4) is 16.9 Å². The second-order valence-corrected chi connectivity index (χ2v) is 7.37. The molecule has 6 heteroatoms. The molecule has 3 aromatic carbocycles. The van der Waals surface area contributed by atoms with Gasteiger partial charge in [0.2, 0.25) is 0 Å². The van der Waals surface area contributed by atoms with E-state index in [0.29, 0.717) is 16.3 Å². The SMILES string of the molecule is COc1ccc(Cl)c(NS(=O)(=O)c2ccccc2-c2ccccc2)c1. The van der Waals surface area contributed by atoms with Gasteiger partial charge in [0.1, 0.15) is 5.75 Å². The lowest BCUT2D eigenvalue weighted by molar-refractivity contribution is 0.415. The Morgan fingerprint density at radius 3 is 2.32 bits per heavy atom. The standard InChI is InChI=1S/C19H16ClNO3S/c1-24-15-11-12-17(20)18(13-15)21-25(22,23)19-10-6-5-9-16(19)14-7-3-2-4-8-14/h2-13,21H,1H3. The van der Waals surface area contributed by atoms with Crippen molar-refractivity contribution in [3.05, 3.63) is 77.8 Å². The number of hydrogen-bond donors (Lipinski definition) is 1. The van der Waals surface area contributed by atoms with Crippen LogP contribution in [0.5, 0.6) is 5.75 Å². The predicted molar refractivity (Wildman–Crippen MR) is 101 cm³/mol. The molecule has 0 aromatic heterocycles. The van der Waals surface area contributed by atoms with Crippen molar-refractivity contribution in [3.63, 3.8) is 0 Å². The smallest absolute Gasteiger partial charge is 0.262 e. The molecule has 3 aromatic rings. The largest absolute Gasteiger partial charge is 0.497 e. The van der Waals surface area contributed by atoms with Crippen molar-refractivity contribution in [1.29, 1.82) is 0 Å². The summed E-state index contributed by atoms with van der Waals surface area (Å²) in [6, 6.07) is 21.0. The highest BCUT2D eigenvalue weighted by atomic mass is 35.5. The summed E-state index contributed by atoms with van der Waals surface area (Å²) in [5.41, 5.74) is 1.71. The van der Waals surface area contributed by atoms with E-state index in [1.165, 1.54) is 7.11 Å². The summed E-state index contributed by atoms with van der Waals surface area (Å²) in [6.07, 6.45) is 0. The van der Waals surface area contributed by atoms with Gasteiger partial charge >= 0.3 is 0 Å². The zero-order chi connectivity index (χ0) is 17.9. The third-order valence-electron chi connectivity index (χ3n) is 3.68. The summed E-state index contributed by atoms with van der Waals surface area (Å²) < 4.78 is 33.6. The highest BCUT2D eigenvalue weighted by molar-refractivity contribution is 7.92. The number of rotatable bonds is 5. The average Bonchev–Trinajstić information content (AvgIpc) is 2.64. The van der Waals surface area contributed by atoms with Crippen molar-refractivity contribution < 1.29 is 13.2 Å². The lowest BCUT2D eigenvalue weighted by Gasteiger charge is -2.14. The minimum Gasteiger partial charge on any atom is -0.497 e. The third kappa shape index (κ3) is 3.78. The first-order valence-corrected chi connectivity index (χ1v) is 9.38. The van der Waals surface area contributed by atoms with E-state index >= 15 is 0 Å². The molecule has 3 rings (SSSR count). The highest BCUT2D eigenvalue weighted by Crippen LogP contribution is 2.32. The number of methoxy groups -OCH3 is 1. The van der Waals surface area contributed by atoms with Gasteiger partial charge in [-0.1, -0.05) is 60.1 Å². The van der Waals surface area contributed by atoms with Crippen LogP contribution in [0.2, 0.25) is 5.02 Å². The Bertz CT molecular complexity index is 989. The van der Waals surface area contributed by atoms with Crippen molar-refractivity contribution in [2.24, 2.45) is 0 Å². The summed E-state index contributed by atoms with van der Waals surface area (Å²) in [7, 11) is -2.32. The van der Waals surface area contributed by atoms with Crippen LogP contribution in [0.15, 0.2) is 77.7 Å². The van der Waals surface area contributed by atoms with Crippen LogP contribution in [0, 0.1) is 0 Å². The zero-order valence-electron chi connectivity index (χ0n) is 13.4. The number of ether oxygens (including phenoxy) is 1. The first kappa shape index (κ1) is 17.3. The van der Waals surface area contributed by atoms with Gasteiger partial charge in [0.15, 0.2) is 0 Å². The van der Waals surface area contributed by atoms with Gasteiger partial charge < -0.3 is 4.74 Å². The van der Waals surface area contributed by atoms with E-state index < -0.39 is 10.0 Å². The molecular weight excluding hydrogens is 358 g/mol. The van der Waals surface area contributed by atoms with Gasteiger partial charge in [-0.2, -0.15) is 0 Å². The molecule has 128 valence electrons. The van der Waals surface area contributed by atoms with E-state index in [4.69, 9.17) is 16.3 Å². The Balaban J connectivity index is 2.05. The molecule has 0 fully saturated rings. The van der Waals surface area contributed by atoms with Gasteiger partial charge in [0, 0.05) is 11.6 Å². The fraction of sp³-hybridized carbons (Fsp3) is 0.0526. The first-order valence-electron chi connectivity index (χ1n) is 7.52. The summed E-state index contributed by atoms with van der Waals surface area (Å²) in [5.74, 6) is 0.512. The molecule has 4 nitrogen and oxygen atoms in total. The molecule has 0 unspecified atom stereocenters. The van der Waals surface area contributed by atoms with Gasteiger partial charge in [-0.25, -0.2) is 8.42 Å². The molecule has 0 amide bonds. The van der Waals surface area contributed by atoms with Crippen LogP contribution in [0.3, 0.4) is 0 Å². The van der Waals surface area contributed by atoms with Gasteiger partial charge in [-0.15, -0.1) is 0 Å². The van der Waals surface area contributed by atoms with Gasteiger partial charge in [-0.05, 0) is 23.8 Å². The Labute approximate surface area is 152 Å². The van der Waals surface area contributed by atoms with Crippen LogP contribution < -0.4 is 9.46 Å². The normalized spacial score (nSPS) is 11.1. The van der Waals surface area contributed by atoms with Gasteiger partial charge in [0.25, 0.3) is 10.0 Å². The molecule has 0 aliphatic heterocycles. The number of anilines is 1. The monoisotopic (exact) mass is 373 g/mol. The maximum absolute atomic E-state index is 12.9. The van der Waals surface area contributed by atoms with Gasteiger partial charge in [-0.3, -0.25) is 4.72 Å². The lowest BCUT2D eigenvalue weighted by atomic mass is 10.1. The Hall–Kier alpha value is -2.50. The van der Waals surface area contributed by atoms with Crippen molar-refractivity contribution in [2.45, 2.75) is 4.90 Å². The minimum atomic E-state index is -3.83. The minimum absolute atomic E-state index is 0.181. The number of nitrogens with one attached hydrogen (secondary N) is 1. The van der Waals surface area contributed by atoms with E-state index in [9.17, 15) is 8.42 Å². The third-order valence-corrected chi connectivity index (χ3v) is 5.43. The topological polar surface area (TPSA) is 55.4 Å². The molecule has 0 aliphatic rings. The molecule has 0 saturated heterocycles. The van der Waals surface area contributed by atoms with Gasteiger partial charge in [0.05, 0.1) is 22.7 Å². The molecule has 25 heavy (non-hydrogen) atoms. The lowest BCUT2D eigenvalue weighted by Crippen LogP contribution is -2.14. The van der Waals surface area contributed by atoms with E-state index in [1.807, 2.05) is 30.3 Å².